The van der Waals surface area contributed by atoms with Crippen LogP contribution in [0.15, 0.2) is 27.4 Å². The zero-order valence-corrected chi connectivity index (χ0v) is 10.8. The molecule has 82 valence electrons. The number of thiophene rings is 1. The van der Waals surface area contributed by atoms with E-state index in [1.807, 2.05) is 17.0 Å². The van der Waals surface area contributed by atoms with Gasteiger partial charge in [0, 0.05) is 33.2 Å². The summed E-state index contributed by atoms with van der Waals surface area (Å²) in [5.41, 5.74) is 0.980. The maximum Gasteiger partial charge on any atom is 0.150 e. The minimum atomic E-state index is -0.0843. The van der Waals surface area contributed by atoms with Crippen molar-refractivity contribution in [1.82, 2.24) is 4.98 Å². The molecule has 0 aliphatic rings. The molecule has 0 amide bonds. The minimum absolute atomic E-state index is 0.0843. The summed E-state index contributed by atoms with van der Waals surface area (Å²) in [7, 11) is 0. The van der Waals surface area contributed by atoms with Crippen molar-refractivity contribution in [1.29, 1.82) is 0 Å². The number of hydrogen-bond donors (Lipinski definition) is 1. The monoisotopic (exact) mass is 267 g/mol. The standard InChI is InChI=1S/C11H9NOS3/c13-4-1-2-9-6-10(15-7-9)8-16-11-12-3-5-14-11/h3,5-7,13H,4,8H2. The second-order valence-electron chi connectivity index (χ2n) is 2.85. The first-order valence-corrected chi connectivity index (χ1v) is 7.32. The van der Waals surface area contributed by atoms with E-state index < -0.39 is 0 Å². The van der Waals surface area contributed by atoms with E-state index in [0.29, 0.717) is 0 Å². The average molecular weight is 267 g/mol. The van der Waals surface area contributed by atoms with Crippen LogP contribution >= 0.6 is 34.4 Å². The highest BCUT2D eigenvalue weighted by molar-refractivity contribution is 8.00. The molecule has 5 heteroatoms. The van der Waals surface area contributed by atoms with E-state index in [1.54, 1.807) is 34.4 Å². The van der Waals surface area contributed by atoms with Crippen molar-refractivity contribution >= 4 is 34.4 Å². The van der Waals surface area contributed by atoms with Gasteiger partial charge in [-0.1, -0.05) is 23.6 Å². The van der Waals surface area contributed by atoms with Gasteiger partial charge in [0.1, 0.15) is 10.9 Å². The highest BCUT2D eigenvalue weighted by atomic mass is 32.2. The topological polar surface area (TPSA) is 33.1 Å². The van der Waals surface area contributed by atoms with Crippen molar-refractivity contribution < 1.29 is 5.11 Å². The first kappa shape index (κ1) is 11.7. The molecule has 2 nitrogen and oxygen atoms in total. The zero-order valence-electron chi connectivity index (χ0n) is 8.34. The molecule has 0 atom stereocenters. The largest absolute Gasteiger partial charge is 0.384 e. The first-order valence-electron chi connectivity index (χ1n) is 4.58. The zero-order chi connectivity index (χ0) is 11.2. The second kappa shape index (κ2) is 6.06. The SMILES string of the molecule is OCC#Cc1csc(CSc2nccs2)c1. The van der Waals surface area contributed by atoms with E-state index in [-0.39, 0.29) is 6.61 Å². The number of hydrogen-bond acceptors (Lipinski definition) is 5. The molecule has 0 aromatic carbocycles. The lowest BCUT2D eigenvalue weighted by molar-refractivity contribution is 0.350. The molecular weight excluding hydrogens is 258 g/mol. The summed E-state index contributed by atoms with van der Waals surface area (Å²) < 4.78 is 1.09. The van der Waals surface area contributed by atoms with Gasteiger partial charge in [0.05, 0.1) is 0 Å². The van der Waals surface area contributed by atoms with Crippen molar-refractivity contribution in [3.05, 3.63) is 33.5 Å². The highest BCUT2D eigenvalue weighted by Crippen LogP contribution is 2.27. The van der Waals surface area contributed by atoms with E-state index in [0.717, 1.165) is 15.7 Å². The third-order valence-corrected chi connectivity index (χ3v) is 4.85. The summed E-state index contributed by atoms with van der Waals surface area (Å²) in [4.78, 5) is 5.49. The van der Waals surface area contributed by atoms with Crippen molar-refractivity contribution in [3.8, 4) is 11.8 Å². The van der Waals surface area contributed by atoms with Gasteiger partial charge < -0.3 is 5.11 Å². The van der Waals surface area contributed by atoms with Gasteiger partial charge in [-0.05, 0) is 6.07 Å². The van der Waals surface area contributed by atoms with Gasteiger partial charge in [-0.15, -0.1) is 22.7 Å². The molecule has 2 aromatic rings. The van der Waals surface area contributed by atoms with E-state index in [2.05, 4.69) is 22.9 Å². The van der Waals surface area contributed by atoms with Crippen molar-refractivity contribution in [2.45, 2.75) is 10.1 Å². The molecular formula is C11H9NOS3. The van der Waals surface area contributed by atoms with Crippen molar-refractivity contribution in [2.24, 2.45) is 0 Å². The van der Waals surface area contributed by atoms with Crippen LogP contribution in [0.25, 0.3) is 0 Å². The number of rotatable bonds is 3. The van der Waals surface area contributed by atoms with E-state index in [1.165, 1.54) is 4.88 Å². The predicted octanol–water partition coefficient (Wildman–Crippen LogP) is 2.84. The lowest BCUT2D eigenvalue weighted by Gasteiger charge is -1.92. The fourth-order valence-corrected chi connectivity index (χ4v) is 3.59. The molecule has 0 unspecified atom stereocenters. The molecule has 0 aliphatic heterocycles. The van der Waals surface area contributed by atoms with Gasteiger partial charge in [-0.2, -0.15) is 0 Å². The number of thioether (sulfide) groups is 1. The summed E-state index contributed by atoms with van der Waals surface area (Å²) in [5.74, 6) is 6.47. The van der Waals surface area contributed by atoms with Crippen LogP contribution in [-0.2, 0) is 5.75 Å². The van der Waals surface area contributed by atoms with Crippen LogP contribution < -0.4 is 0 Å². The number of aromatic nitrogens is 1. The van der Waals surface area contributed by atoms with Crippen LogP contribution in [-0.4, -0.2) is 16.7 Å². The van der Waals surface area contributed by atoms with Crippen LogP contribution in [0.4, 0.5) is 0 Å². The highest BCUT2D eigenvalue weighted by Gasteiger charge is 2.01. The van der Waals surface area contributed by atoms with Crippen LogP contribution in [0.3, 0.4) is 0 Å². The number of aliphatic hydroxyl groups excluding tert-OH is 1. The van der Waals surface area contributed by atoms with Gasteiger partial charge in [-0.3, -0.25) is 0 Å². The summed E-state index contributed by atoms with van der Waals surface area (Å²) in [6.07, 6.45) is 1.82. The van der Waals surface area contributed by atoms with Crippen LogP contribution in [0.5, 0.6) is 0 Å². The number of nitrogens with zero attached hydrogens (tertiary/aromatic N) is 1. The Labute approximate surface area is 106 Å². The Morgan fingerprint density at radius 1 is 1.44 bits per heavy atom. The number of thiazole rings is 1. The van der Waals surface area contributed by atoms with Crippen molar-refractivity contribution in [2.75, 3.05) is 6.61 Å². The van der Waals surface area contributed by atoms with Gasteiger partial charge in [0.15, 0.2) is 0 Å². The Morgan fingerprint density at radius 3 is 3.12 bits per heavy atom. The molecule has 2 rings (SSSR count). The maximum absolute atomic E-state index is 8.58. The van der Waals surface area contributed by atoms with Crippen LogP contribution in [0.2, 0.25) is 0 Å². The van der Waals surface area contributed by atoms with Gasteiger partial charge in [0.2, 0.25) is 0 Å². The lowest BCUT2D eigenvalue weighted by atomic mass is 10.3. The van der Waals surface area contributed by atoms with Gasteiger partial charge >= 0.3 is 0 Å². The molecule has 0 radical (unpaired) electrons. The normalized spacial score (nSPS) is 9.81. The molecule has 2 aromatic heterocycles. The molecule has 1 N–H and O–H groups in total. The van der Waals surface area contributed by atoms with E-state index in [9.17, 15) is 0 Å². The quantitative estimate of drug-likeness (QED) is 0.686. The molecule has 0 aliphatic carbocycles. The second-order valence-corrected chi connectivity index (χ2v) is 5.96. The average Bonchev–Trinajstić information content (AvgIpc) is 2.95. The summed E-state index contributed by atoms with van der Waals surface area (Å²) >= 11 is 5.09. The third-order valence-electron chi connectivity index (χ3n) is 1.71. The molecule has 16 heavy (non-hydrogen) atoms. The smallest absolute Gasteiger partial charge is 0.150 e. The van der Waals surface area contributed by atoms with Crippen LogP contribution in [0.1, 0.15) is 10.4 Å². The summed E-state index contributed by atoms with van der Waals surface area (Å²) in [6, 6.07) is 2.06. The predicted molar refractivity (Wildman–Crippen MR) is 70.0 cm³/mol. The summed E-state index contributed by atoms with van der Waals surface area (Å²) in [5, 5.41) is 12.6. The minimum Gasteiger partial charge on any atom is -0.384 e. The summed E-state index contributed by atoms with van der Waals surface area (Å²) in [6.45, 7) is -0.0843. The Hall–Kier alpha value is -0.800. The molecule has 0 fully saturated rings. The Kier molecular flexibility index (Phi) is 4.43. The fourth-order valence-electron chi connectivity index (χ4n) is 1.08. The molecule has 0 saturated carbocycles. The fraction of sp³-hybridized carbons (Fsp3) is 0.182. The Balaban J connectivity index is 1.93. The Morgan fingerprint density at radius 2 is 2.38 bits per heavy atom. The maximum atomic E-state index is 8.58. The van der Waals surface area contributed by atoms with Gasteiger partial charge in [-0.25, -0.2) is 4.98 Å². The first-order chi connectivity index (χ1) is 7.88. The van der Waals surface area contributed by atoms with Crippen LogP contribution in [0, 0.1) is 11.8 Å². The van der Waals surface area contributed by atoms with E-state index >= 15 is 0 Å². The Bertz CT molecular complexity index is 493. The lowest BCUT2D eigenvalue weighted by Crippen LogP contribution is -1.74. The third kappa shape index (κ3) is 3.35. The van der Waals surface area contributed by atoms with Gasteiger partial charge in [0.25, 0.3) is 0 Å². The molecule has 2 heterocycles. The molecule has 0 bridgehead atoms. The van der Waals surface area contributed by atoms with E-state index in [4.69, 9.17) is 5.11 Å². The molecule has 0 spiro atoms. The number of aliphatic hydroxyl groups is 1. The molecule has 0 saturated heterocycles. The van der Waals surface area contributed by atoms with Crippen molar-refractivity contribution in [3.63, 3.8) is 0 Å².